The number of carbonyl (C=O) groups is 1. The van der Waals surface area contributed by atoms with E-state index in [4.69, 9.17) is 4.74 Å². The van der Waals surface area contributed by atoms with Gasteiger partial charge in [-0.25, -0.2) is 0 Å². The lowest BCUT2D eigenvalue weighted by Gasteiger charge is -2.27. The third kappa shape index (κ3) is 4.77. The van der Waals surface area contributed by atoms with Gasteiger partial charge in [0.15, 0.2) is 0 Å². The topological polar surface area (TPSA) is 41.6 Å². The number of unbranched alkanes of at least 4 members (excludes halogenated alkanes) is 1. The Balaban J connectivity index is 2.56. The number of ether oxygens (including phenoxy) is 1. The number of nitrogens with one attached hydrogen (secondary N) is 1. The Morgan fingerprint density at radius 3 is 2.47 bits per heavy atom. The molecule has 0 radical (unpaired) electrons. The lowest BCUT2D eigenvalue weighted by Crippen LogP contribution is -2.42. The quantitative estimate of drug-likeness (QED) is 0.688. The summed E-state index contributed by atoms with van der Waals surface area (Å²) in [4.78, 5) is 14.5. The summed E-state index contributed by atoms with van der Waals surface area (Å²) in [7, 11) is 1.72. The van der Waals surface area contributed by atoms with Crippen LogP contribution in [0.4, 0.5) is 0 Å². The molecule has 1 fully saturated rings. The van der Waals surface area contributed by atoms with Gasteiger partial charge in [-0.2, -0.15) is 0 Å². The summed E-state index contributed by atoms with van der Waals surface area (Å²) in [5.74, 6) is 1.27. The predicted molar refractivity (Wildman–Crippen MR) is 77.8 cm³/mol. The molecular weight excluding hydrogens is 240 g/mol. The molecule has 2 unspecified atom stereocenters. The van der Waals surface area contributed by atoms with Crippen molar-refractivity contribution in [1.82, 2.24) is 10.2 Å². The second kappa shape index (κ2) is 7.85. The number of rotatable bonds is 8. The zero-order valence-electron chi connectivity index (χ0n) is 13.1. The summed E-state index contributed by atoms with van der Waals surface area (Å²) < 4.78 is 5.06. The van der Waals surface area contributed by atoms with Gasteiger partial charge in [0, 0.05) is 20.3 Å². The Kier molecular flexibility index (Phi) is 6.80. The van der Waals surface area contributed by atoms with Gasteiger partial charge in [0.2, 0.25) is 5.91 Å². The molecular formula is C15H30N2O2. The summed E-state index contributed by atoms with van der Waals surface area (Å²) in [6.45, 7) is 10.3. The maximum absolute atomic E-state index is 12.5. The summed E-state index contributed by atoms with van der Waals surface area (Å²) in [6, 6.07) is 0.00910. The predicted octanol–water partition coefficient (Wildman–Crippen LogP) is 2.24. The molecule has 0 saturated carbocycles. The summed E-state index contributed by atoms with van der Waals surface area (Å²) in [6.07, 6.45) is 3.15. The van der Waals surface area contributed by atoms with Crippen molar-refractivity contribution in [1.29, 1.82) is 0 Å². The fourth-order valence-corrected chi connectivity index (χ4v) is 2.68. The van der Waals surface area contributed by atoms with E-state index in [0.717, 1.165) is 32.4 Å². The molecule has 0 aromatic carbocycles. The van der Waals surface area contributed by atoms with Gasteiger partial charge in [-0.15, -0.1) is 0 Å². The first-order valence-corrected chi connectivity index (χ1v) is 7.52. The molecule has 0 bridgehead atoms. The second-order valence-corrected chi connectivity index (χ2v) is 6.27. The molecule has 1 heterocycles. The minimum absolute atomic E-state index is 0.00910. The highest BCUT2D eigenvalue weighted by Gasteiger charge is 2.39. The van der Waals surface area contributed by atoms with Gasteiger partial charge in [-0.3, -0.25) is 10.1 Å². The van der Waals surface area contributed by atoms with Crippen molar-refractivity contribution in [2.45, 2.75) is 59.2 Å². The van der Waals surface area contributed by atoms with E-state index in [-0.39, 0.29) is 18.1 Å². The van der Waals surface area contributed by atoms with E-state index in [0.29, 0.717) is 11.8 Å². The minimum Gasteiger partial charge on any atom is -0.385 e. The Labute approximate surface area is 117 Å². The monoisotopic (exact) mass is 270 g/mol. The van der Waals surface area contributed by atoms with Gasteiger partial charge < -0.3 is 9.64 Å². The van der Waals surface area contributed by atoms with Crippen LogP contribution < -0.4 is 5.32 Å². The molecule has 4 heteroatoms. The van der Waals surface area contributed by atoms with Crippen LogP contribution in [0, 0.1) is 11.8 Å². The Hall–Kier alpha value is -0.610. The van der Waals surface area contributed by atoms with Gasteiger partial charge in [0.05, 0.1) is 12.2 Å². The first-order chi connectivity index (χ1) is 8.97. The van der Waals surface area contributed by atoms with Gasteiger partial charge in [-0.1, -0.05) is 27.7 Å². The first-order valence-electron chi connectivity index (χ1n) is 7.52. The van der Waals surface area contributed by atoms with Crippen molar-refractivity contribution in [3.05, 3.63) is 0 Å². The van der Waals surface area contributed by atoms with Crippen LogP contribution in [-0.4, -0.2) is 43.3 Å². The van der Waals surface area contributed by atoms with Crippen LogP contribution in [0.5, 0.6) is 0 Å². The third-order valence-electron chi connectivity index (χ3n) is 3.62. The summed E-state index contributed by atoms with van der Waals surface area (Å²) >= 11 is 0. The van der Waals surface area contributed by atoms with Crippen molar-refractivity contribution in [3.63, 3.8) is 0 Å². The molecule has 0 aromatic rings. The van der Waals surface area contributed by atoms with Crippen molar-refractivity contribution in [3.8, 4) is 0 Å². The molecule has 1 aliphatic heterocycles. The van der Waals surface area contributed by atoms with Crippen LogP contribution >= 0.6 is 0 Å². The summed E-state index contributed by atoms with van der Waals surface area (Å²) in [5.41, 5.74) is 0. The Morgan fingerprint density at radius 2 is 1.95 bits per heavy atom. The van der Waals surface area contributed by atoms with E-state index in [2.05, 4.69) is 33.0 Å². The molecule has 4 nitrogen and oxygen atoms in total. The van der Waals surface area contributed by atoms with Crippen LogP contribution in [0.25, 0.3) is 0 Å². The fraction of sp³-hybridized carbons (Fsp3) is 0.933. The number of carbonyl (C=O) groups excluding carboxylic acids is 1. The average Bonchev–Trinajstić information content (AvgIpc) is 2.62. The zero-order chi connectivity index (χ0) is 14.4. The maximum atomic E-state index is 12.5. The largest absolute Gasteiger partial charge is 0.385 e. The van der Waals surface area contributed by atoms with Crippen LogP contribution in [0.3, 0.4) is 0 Å². The zero-order valence-corrected chi connectivity index (χ0v) is 13.1. The SMILES string of the molecule is COCCCCN1C(=O)C(CC(C)C)NC1C(C)C. The number of methoxy groups -OCH3 is 1. The van der Waals surface area contributed by atoms with Gasteiger partial charge >= 0.3 is 0 Å². The third-order valence-corrected chi connectivity index (χ3v) is 3.62. The molecule has 0 spiro atoms. The van der Waals surface area contributed by atoms with Crippen LogP contribution in [-0.2, 0) is 9.53 Å². The van der Waals surface area contributed by atoms with E-state index in [9.17, 15) is 4.79 Å². The normalized spacial score (nSPS) is 23.9. The maximum Gasteiger partial charge on any atom is 0.241 e. The molecule has 0 aromatic heterocycles. The highest BCUT2D eigenvalue weighted by Crippen LogP contribution is 2.22. The van der Waals surface area contributed by atoms with E-state index in [1.807, 2.05) is 4.90 Å². The van der Waals surface area contributed by atoms with Crippen molar-refractivity contribution in [2.75, 3.05) is 20.3 Å². The summed E-state index contributed by atoms with van der Waals surface area (Å²) in [5, 5.41) is 3.51. The lowest BCUT2D eigenvalue weighted by molar-refractivity contribution is -0.130. The van der Waals surface area contributed by atoms with Gasteiger partial charge in [0.1, 0.15) is 0 Å². The van der Waals surface area contributed by atoms with Crippen molar-refractivity contribution in [2.24, 2.45) is 11.8 Å². The average molecular weight is 270 g/mol. The lowest BCUT2D eigenvalue weighted by atomic mass is 10.0. The van der Waals surface area contributed by atoms with Crippen molar-refractivity contribution < 1.29 is 9.53 Å². The Morgan fingerprint density at radius 1 is 1.26 bits per heavy atom. The van der Waals surface area contributed by atoms with E-state index in [1.165, 1.54) is 0 Å². The van der Waals surface area contributed by atoms with Gasteiger partial charge in [-0.05, 0) is 31.1 Å². The molecule has 1 rings (SSSR count). The highest BCUT2D eigenvalue weighted by molar-refractivity contribution is 5.84. The van der Waals surface area contributed by atoms with Crippen molar-refractivity contribution >= 4 is 5.91 Å². The van der Waals surface area contributed by atoms with E-state index < -0.39 is 0 Å². The first kappa shape index (κ1) is 16.4. The van der Waals surface area contributed by atoms with Gasteiger partial charge in [0.25, 0.3) is 0 Å². The molecule has 2 atom stereocenters. The number of nitrogens with zero attached hydrogens (tertiary/aromatic N) is 1. The Bertz CT molecular complexity index is 279. The fourth-order valence-electron chi connectivity index (χ4n) is 2.68. The minimum atomic E-state index is 0.00910. The molecule has 112 valence electrons. The molecule has 1 N–H and O–H groups in total. The molecule has 1 amide bonds. The highest BCUT2D eigenvalue weighted by atomic mass is 16.5. The number of amides is 1. The molecule has 0 aliphatic carbocycles. The van der Waals surface area contributed by atoms with Crippen LogP contribution in [0.15, 0.2) is 0 Å². The van der Waals surface area contributed by atoms with E-state index >= 15 is 0 Å². The van der Waals surface area contributed by atoms with E-state index in [1.54, 1.807) is 7.11 Å². The second-order valence-electron chi connectivity index (χ2n) is 6.27. The number of hydrogen-bond donors (Lipinski definition) is 1. The molecule has 1 aliphatic rings. The smallest absolute Gasteiger partial charge is 0.241 e. The molecule has 1 saturated heterocycles. The van der Waals surface area contributed by atoms with Crippen LogP contribution in [0.1, 0.15) is 47.0 Å². The number of hydrogen-bond acceptors (Lipinski definition) is 3. The molecule has 19 heavy (non-hydrogen) atoms. The van der Waals surface area contributed by atoms with Crippen LogP contribution in [0.2, 0.25) is 0 Å². The standard InChI is InChI=1S/C15H30N2O2/c1-11(2)10-13-15(18)17(8-6-7-9-19-5)14(16-13)12(3)4/h11-14,16H,6-10H2,1-5H3.